The normalized spacial score (nSPS) is 14.4. The number of ether oxygens (including phenoxy) is 1. The Labute approximate surface area is 130 Å². The molecule has 0 saturated carbocycles. The fourth-order valence-corrected chi connectivity index (χ4v) is 2.51. The van der Waals surface area contributed by atoms with Crippen molar-refractivity contribution in [1.29, 1.82) is 0 Å². The fourth-order valence-electron chi connectivity index (χ4n) is 2.03. The molecule has 0 aliphatic heterocycles. The van der Waals surface area contributed by atoms with E-state index in [-0.39, 0.29) is 4.47 Å². The molecule has 3 nitrogen and oxygen atoms in total. The smallest absolute Gasteiger partial charge is 0.416 e. The van der Waals surface area contributed by atoms with Gasteiger partial charge in [0, 0.05) is 10.2 Å². The van der Waals surface area contributed by atoms with Gasteiger partial charge in [0.1, 0.15) is 5.54 Å². The van der Waals surface area contributed by atoms with Gasteiger partial charge in [-0.05, 0) is 47.5 Å². The molecule has 0 spiro atoms. The van der Waals surface area contributed by atoms with Gasteiger partial charge < -0.3 is 10.1 Å². The summed E-state index contributed by atoms with van der Waals surface area (Å²) in [4.78, 5) is 11.9. The van der Waals surface area contributed by atoms with Crippen LogP contribution in [0, 0.1) is 0 Å². The fraction of sp³-hybridized carbons (Fsp3) is 0.500. The molecule has 0 aromatic heterocycles. The van der Waals surface area contributed by atoms with Crippen molar-refractivity contribution < 1.29 is 22.7 Å². The van der Waals surface area contributed by atoms with E-state index < -0.39 is 23.2 Å². The number of anilines is 1. The van der Waals surface area contributed by atoms with Crippen LogP contribution < -0.4 is 5.32 Å². The number of hydrogen-bond acceptors (Lipinski definition) is 3. The van der Waals surface area contributed by atoms with Crippen LogP contribution >= 0.6 is 15.9 Å². The van der Waals surface area contributed by atoms with E-state index in [9.17, 15) is 18.0 Å². The first-order valence-corrected chi connectivity index (χ1v) is 7.16. The van der Waals surface area contributed by atoms with Crippen molar-refractivity contribution in [2.75, 3.05) is 12.4 Å². The highest BCUT2D eigenvalue weighted by Gasteiger charge is 2.35. The molecule has 1 aromatic carbocycles. The molecular formula is C14H17BrF3NO2. The molecule has 7 heteroatoms. The minimum atomic E-state index is -4.41. The zero-order valence-corrected chi connectivity index (χ0v) is 13.6. The van der Waals surface area contributed by atoms with Gasteiger partial charge in [-0.1, -0.05) is 13.3 Å². The molecule has 0 radical (unpaired) electrons. The van der Waals surface area contributed by atoms with Crippen molar-refractivity contribution in [2.24, 2.45) is 0 Å². The van der Waals surface area contributed by atoms with Gasteiger partial charge in [-0.25, -0.2) is 4.79 Å². The Morgan fingerprint density at radius 1 is 1.38 bits per heavy atom. The maximum atomic E-state index is 12.6. The minimum absolute atomic E-state index is 0.239. The third-order valence-corrected chi connectivity index (χ3v) is 3.75. The first-order chi connectivity index (χ1) is 9.64. The Balaban J connectivity index is 3.08. The lowest BCUT2D eigenvalue weighted by Crippen LogP contribution is -2.44. The molecule has 1 atom stereocenters. The number of carbonyl (C=O) groups excluding carboxylic acids is 1. The lowest BCUT2D eigenvalue weighted by molar-refractivity contribution is -0.145. The maximum Gasteiger partial charge on any atom is 0.416 e. The van der Waals surface area contributed by atoms with Gasteiger partial charge in [-0.3, -0.25) is 0 Å². The molecule has 0 aliphatic rings. The van der Waals surface area contributed by atoms with Gasteiger partial charge in [0.05, 0.1) is 12.7 Å². The summed E-state index contributed by atoms with van der Waals surface area (Å²) in [6.07, 6.45) is -3.19. The molecule has 1 rings (SSSR count). The summed E-state index contributed by atoms with van der Waals surface area (Å²) < 4.78 is 42.9. The standard InChI is InChI=1S/C14H17BrF3NO2/c1-4-7-13(2,12(20)21-3)19-11-6-5-9(8-10(11)15)14(16,17)18/h5-6,8,19H,4,7H2,1-3H3. The molecule has 118 valence electrons. The van der Waals surface area contributed by atoms with Crippen LogP contribution in [0.1, 0.15) is 32.3 Å². The van der Waals surface area contributed by atoms with Crippen molar-refractivity contribution in [3.8, 4) is 0 Å². The number of hydrogen-bond donors (Lipinski definition) is 1. The Morgan fingerprint density at radius 2 is 2.00 bits per heavy atom. The summed E-state index contributed by atoms with van der Waals surface area (Å²) in [5.41, 5.74) is -1.34. The van der Waals surface area contributed by atoms with E-state index in [2.05, 4.69) is 21.2 Å². The van der Waals surface area contributed by atoms with E-state index in [0.717, 1.165) is 18.6 Å². The summed E-state index contributed by atoms with van der Waals surface area (Å²) in [6.45, 7) is 3.57. The van der Waals surface area contributed by atoms with Crippen LogP contribution in [-0.2, 0) is 15.7 Å². The number of halogens is 4. The van der Waals surface area contributed by atoms with Crippen LogP contribution in [0.15, 0.2) is 22.7 Å². The molecular weight excluding hydrogens is 351 g/mol. The highest BCUT2D eigenvalue weighted by Crippen LogP contribution is 2.35. The lowest BCUT2D eigenvalue weighted by Gasteiger charge is -2.29. The second-order valence-corrected chi connectivity index (χ2v) is 5.75. The largest absolute Gasteiger partial charge is 0.467 e. The number of carbonyl (C=O) groups is 1. The van der Waals surface area contributed by atoms with Gasteiger partial charge in [0.15, 0.2) is 0 Å². The quantitative estimate of drug-likeness (QED) is 0.772. The molecule has 0 bridgehead atoms. The van der Waals surface area contributed by atoms with Crippen LogP contribution in [-0.4, -0.2) is 18.6 Å². The van der Waals surface area contributed by atoms with Crippen LogP contribution in [0.4, 0.5) is 18.9 Å². The average Bonchev–Trinajstić information content (AvgIpc) is 2.39. The molecule has 21 heavy (non-hydrogen) atoms. The summed E-state index contributed by atoms with van der Waals surface area (Å²) in [5.74, 6) is -0.462. The van der Waals surface area contributed by atoms with E-state index in [1.165, 1.54) is 13.2 Å². The van der Waals surface area contributed by atoms with E-state index in [1.807, 2.05) is 6.92 Å². The van der Waals surface area contributed by atoms with Crippen molar-refractivity contribution in [1.82, 2.24) is 0 Å². The Bertz CT molecular complexity index is 519. The van der Waals surface area contributed by atoms with Gasteiger partial charge in [-0.15, -0.1) is 0 Å². The van der Waals surface area contributed by atoms with Crippen molar-refractivity contribution in [2.45, 2.75) is 38.4 Å². The number of methoxy groups -OCH3 is 1. The summed E-state index contributed by atoms with van der Waals surface area (Å²) in [5, 5.41) is 2.97. The topological polar surface area (TPSA) is 38.3 Å². The summed E-state index contributed by atoms with van der Waals surface area (Å²) >= 11 is 3.10. The summed E-state index contributed by atoms with van der Waals surface area (Å²) in [7, 11) is 1.28. The molecule has 0 fully saturated rings. The SMILES string of the molecule is CCCC(C)(Nc1ccc(C(F)(F)F)cc1Br)C(=O)OC. The van der Waals surface area contributed by atoms with Crippen LogP contribution in [0.5, 0.6) is 0 Å². The average molecular weight is 368 g/mol. The first kappa shape index (κ1) is 17.8. The number of alkyl halides is 3. The van der Waals surface area contributed by atoms with E-state index in [1.54, 1.807) is 6.92 Å². The molecule has 1 unspecified atom stereocenters. The van der Waals surface area contributed by atoms with Crippen molar-refractivity contribution in [3.63, 3.8) is 0 Å². The third kappa shape index (κ3) is 4.36. The van der Waals surface area contributed by atoms with Crippen LogP contribution in [0.25, 0.3) is 0 Å². The van der Waals surface area contributed by atoms with Crippen molar-refractivity contribution in [3.05, 3.63) is 28.2 Å². The van der Waals surface area contributed by atoms with E-state index >= 15 is 0 Å². The second kappa shape index (κ2) is 6.68. The Morgan fingerprint density at radius 3 is 2.43 bits per heavy atom. The highest BCUT2D eigenvalue weighted by atomic mass is 79.9. The van der Waals surface area contributed by atoms with E-state index in [4.69, 9.17) is 4.74 Å². The highest BCUT2D eigenvalue weighted by molar-refractivity contribution is 9.10. The van der Waals surface area contributed by atoms with Gasteiger partial charge >= 0.3 is 12.1 Å². The van der Waals surface area contributed by atoms with Gasteiger partial charge in [-0.2, -0.15) is 13.2 Å². The monoisotopic (exact) mass is 367 g/mol. The van der Waals surface area contributed by atoms with Crippen LogP contribution in [0.2, 0.25) is 0 Å². The van der Waals surface area contributed by atoms with E-state index in [0.29, 0.717) is 12.1 Å². The lowest BCUT2D eigenvalue weighted by atomic mass is 9.95. The van der Waals surface area contributed by atoms with Crippen LogP contribution in [0.3, 0.4) is 0 Å². The first-order valence-electron chi connectivity index (χ1n) is 6.37. The molecule has 0 amide bonds. The third-order valence-electron chi connectivity index (χ3n) is 3.09. The van der Waals surface area contributed by atoms with Gasteiger partial charge in [0.2, 0.25) is 0 Å². The predicted molar refractivity (Wildman–Crippen MR) is 78.1 cm³/mol. The molecule has 1 N–H and O–H groups in total. The number of rotatable bonds is 5. The zero-order chi connectivity index (χ0) is 16.3. The molecule has 0 heterocycles. The summed E-state index contributed by atoms with van der Waals surface area (Å²) in [6, 6.07) is 3.24. The van der Waals surface area contributed by atoms with Crippen molar-refractivity contribution >= 4 is 27.6 Å². The Hall–Kier alpha value is -1.24. The zero-order valence-electron chi connectivity index (χ0n) is 12.0. The molecule has 1 aromatic rings. The second-order valence-electron chi connectivity index (χ2n) is 4.89. The molecule has 0 saturated heterocycles. The number of nitrogens with one attached hydrogen (secondary N) is 1. The molecule has 0 aliphatic carbocycles. The maximum absolute atomic E-state index is 12.6. The minimum Gasteiger partial charge on any atom is -0.467 e. The Kier molecular flexibility index (Phi) is 5.67. The number of esters is 1. The predicted octanol–water partition coefficient (Wildman–Crippen LogP) is 4.61. The van der Waals surface area contributed by atoms with Gasteiger partial charge in [0.25, 0.3) is 0 Å². The number of benzene rings is 1.